The average Bonchev–Trinajstić information content (AvgIpc) is 3.51. The fraction of sp³-hybridized carbons (Fsp3) is 0.367. The van der Waals surface area contributed by atoms with E-state index in [0.29, 0.717) is 47.5 Å². The number of anilines is 1. The molecule has 0 unspecified atom stereocenters. The highest BCUT2D eigenvalue weighted by Crippen LogP contribution is 2.28. The topological polar surface area (TPSA) is 102 Å². The van der Waals surface area contributed by atoms with E-state index in [1.807, 2.05) is 41.0 Å². The largest absolute Gasteiger partial charge is 0.349 e. The Bertz CT molecular complexity index is 1640. The van der Waals surface area contributed by atoms with Crippen molar-refractivity contribution in [3.63, 3.8) is 0 Å². The molecule has 0 bridgehead atoms. The lowest BCUT2D eigenvalue weighted by molar-refractivity contribution is -0.117. The van der Waals surface area contributed by atoms with Crippen LogP contribution in [0.3, 0.4) is 0 Å². The second-order valence-electron chi connectivity index (χ2n) is 10.7. The summed E-state index contributed by atoms with van der Waals surface area (Å²) in [6, 6.07) is 13.2. The number of nitrogens with zero attached hydrogens (tertiary/aromatic N) is 5. The van der Waals surface area contributed by atoms with Gasteiger partial charge in [0.1, 0.15) is 5.82 Å². The van der Waals surface area contributed by atoms with Gasteiger partial charge in [0.2, 0.25) is 5.91 Å². The highest BCUT2D eigenvalue weighted by Gasteiger charge is 2.26. The molecule has 4 heterocycles. The maximum atomic E-state index is 13.7. The first-order chi connectivity index (χ1) is 19.4. The summed E-state index contributed by atoms with van der Waals surface area (Å²) in [6.07, 6.45) is 8.11. The van der Waals surface area contributed by atoms with Gasteiger partial charge >= 0.3 is 5.69 Å². The number of nitrogens with one attached hydrogen (secondary N) is 1. The summed E-state index contributed by atoms with van der Waals surface area (Å²) in [7, 11) is 0. The van der Waals surface area contributed by atoms with E-state index in [1.54, 1.807) is 34.9 Å². The summed E-state index contributed by atoms with van der Waals surface area (Å²) in [5.41, 5.74) is 3.46. The molecule has 1 saturated heterocycles. The number of hydrogen-bond acceptors (Lipinski definition) is 5. The van der Waals surface area contributed by atoms with Crippen LogP contribution in [0.2, 0.25) is 5.02 Å². The molecule has 1 aromatic carbocycles. The Balaban J connectivity index is 1.17. The maximum Gasteiger partial charge on any atom is 0.334 e. The lowest BCUT2D eigenvalue weighted by Gasteiger charge is -2.29. The van der Waals surface area contributed by atoms with Crippen LogP contribution in [0, 0.1) is 12.8 Å². The molecule has 9 nitrogen and oxygen atoms in total. The highest BCUT2D eigenvalue weighted by molar-refractivity contribution is 6.30. The standard InChI is InChI=1S/C30H31ClN6O3/c1-19-24(15-21(31)16-32-19)29(39)34-22-10-8-20(9-11-22)18-36-25-5-2-3-6-26(25)37(30(36)40)27-13-12-23(17-33-27)35-14-4-7-28(35)38/h2-3,5-6,12-13,15-17,20,22H,4,7-11,14,18H2,1H3,(H,34,39). The zero-order valence-electron chi connectivity index (χ0n) is 22.3. The van der Waals surface area contributed by atoms with Crippen LogP contribution in [0.4, 0.5) is 5.69 Å². The van der Waals surface area contributed by atoms with E-state index in [0.717, 1.165) is 48.8 Å². The zero-order valence-corrected chi connectivity index (χ0v) is 23.1. The molecule has 206 valence electrons. The molecule has 4 aromatic rings. The first kappa shape index (κ1) is 26.3. The Morgan fingerprint density at radius 3 is 2.50 bits per heavy atom. The molecule has 1 N–H and O–H groups in total. The van der Waals surface area contributed by atoms with Gasteiger partial charge in [-0.2, -0.15) is 0 Å². The second kappa shape index (κ2) is 10.9. The van der Waals surface area contributed by atoms with Crippen molar-refractivity contribution in [3.05, 3.63) is 81.6 Å². The molecule has 0 atom stereocenters. The molecule has 6 rings (SSSR count). The lowest BCUT2D eigenvalue weighted by atomic mass is 9.85. The summed E-state index contributed by atoms with van der Waals surface area (Å²) < 4.78 is 3.50. The van der Waals surface area contributed by atoms with Gasteiger partial charge in [0.15, 0.2) is 0 Å². The van der Waals surface area contributed by atoms with Crippen molar-refractivity contribution in [2.75, 3.05) is 11.4 Å². The minimum Gasteiger partial charge on any atom is -0.349 e. The fourth-order valence-corrected chi connectivity index (χ4v) is 6.10. The molecular formula is C30H31ClN6O3. The number of rotatable bonds is 6. The van der Waals surface area contributed by atoms with E-state index < -0.39 is 0 Å². The van der Waals surface area contributed by atoms with Crippen LogP contribution >= 0.6 is 11.6 Å². The SMILES string of the molecule is Cc1ncc(Cl)cc1C(=O)NC1CCC(Cn2c(=O)n(-c3ccc(N4CCCC4=O)cn3)c3ccccc32)CC1. The average molecular weight is 559 g/mol. The molecule has 1 aliphatic carbocycles. The Morgan fingerprint density at radius 2 is 1.80 bits per heavy atom. The highest BCUT2D eigenvalue weighted by atomic mass is 35.5. The van der Waals surface area contributed by atoms with Gasteiger partial charge in [0.25, 0.3) is 5.91 Å². The minimum absolute atomic E-state index is 0.0744. The van der Waals surface area contributed by atoms with Crippen LogP contribution in [0.5, 0.6) is 0 Å². The number of hydrogen-bond donors (Lipinski definition) is 1. The van der Waals surface area contributed by atoms with Crippen LogP contribution in [-0.2, 0) is 11.3 Å². The predicted molar refractivity (Wildman–Crippen MR) is 154 cm³/mol. The Kier molecular flexibility index (Phi) is 7.14. The Hall–Kier alpha value is -3.98. The minimum atomic E-state index is -0.150. The summed E-state index contributed by atoms with van der Waals surface area (Å²) in [6.45, 7) is 3.10. The molecule has 2 amide bonds. The van der Waals surface area contributed by atoms with Gasteiger partial charge in [-0.3, -0.25) is 19.1 Å². The van der Waals surface area contributed by atoms with Crippen LogP contribution in [0.15, 0.2) is 59.7 Å². The molecule has 10 heteroatoms. The number of halogens is 1. The molecule has 3 aromatic heterocycles. The number of carbonyl (C=O) groups is 2. The van der Waals surface area contributed by atoms with E-state index in [1.165, 1.54) is 0 Å². The monoisotopic (exact) mass is 558 g/mol. The first-order valence-electron chi connectivity index (χ1n) is 13.8. The van der Waals surface area contributed by atoms with Crippen molar-refractivity contribution in [1.29, 1.82) is 0 Å². The molecule has 40 heavy (non-hydrogen) atoms. The van der Waals surface area contributed by atoms with Crippen LogP contribution in [0.25, 0.3) is 16.9 Å². The predicted octanol–water partition coefficient (Wildman–Crippen LogP) is 4.66. The van der Waals surface area contributed by atoms with E-state index >= 15 is 0 Å². The van der Waals surface area contributed by atoms with Crippen molar-refractivity contribution in [1.82, 2.24) is 24.4 Å². The number of imidazole rings is 1. The van der Waals surface area contributed by atoms with Crippen molar-refractivity contribution >= 4 is 40.1 Å². The van der Waals surface area contributed by atoms with E-state index in [2.05, 4.69) is 15.3 Å². The lowest BCUT2D eigenvalue weighted by Crippen LogP contribution is -2.39. The number of carbonyl (C=O) groups excluding carboxylic acids is 2. The first-order valence-corrected chi connectivity index (χ1v) is 14.2. The van der Waals surface area contributed by atoms with Crippen molar-refractivity contribution < 1.29 is 9.59 Å². The molecule has 2 aliphatic rings. The molecule has 0 spiro atoms. The van der Waals surface area contributed by atoms with Gasteiger partial charge in [-0.05, 0) is 75.3 Å². The van der Waals surface area contributed by atoms with Gasteiger partial charge in [-0.1, -0.05) is 23.7 Å². The Labute approximate surface area is 236 Å². The van der Waals surface area contributed by atoms with Gasteiger partial charge in [-0.25, -0.2) is 14.3 Å². The second-order valence-corrected chi connectivity index (χ2v) is 11.2. The maximum absolute atomic E-state index is 13.7. The third-order valence-corrected chi connectivity index (χ3v) is 8.31. The number of aryl methyl sites for hydroxylation is 1. The summed E-state index contributed by atoms with van der Waals surface area (Å²) >= 11 is 6.04. The number of para-hydroxylation sites is 2. The molecule has 1 saturated carbocycles. The van der Waals surface area contributed by atoms with Crippen LogP contribution in [-0.4, -0.2) is 43.5 Å². The van der Waals surface area contributed by atoms with Gasteiger partial charge in [-0.15, -0.1) is 0 Å². The molecular weight excluding hydrogens is 528 g/mol. The summed E-state index contributed by atoms with van der Waals surface area (Å²) in [5.74, 6) is 0.806. The third kappa shape index (κ3) is 5.01. The van der Waals surface area contributed by atoms with E-state index in [9.17, 15) is 14.4 Å². The number of fused-ring (bicyclic) bond motifs is 1. The molecule has 2 fully saturated rings. The number of amides is 2. The smallest absolute Gasteiger partial charge is 0.334 e. The van der Waals surface area contributed by atoms with E-state index in [-0.39, 0.29) is 23.5 Å². The number of pyridine rings is 2. The van der Waals surface area contributed by atoms with Gasteiger partial charge < -0.3 is 10.2 Å². The fourth-order valence-electron chi connectivity index (χ4n) is 5.95. The summed E-state index contributed by atoms with van der Waals surface area (Å²) in [4.78, 5) is 49.2. The van der Waals surface area contributed by atoms with Crippen molar-refractivity contribution in [2.45, 2.75) is 58.0 Å². The van der Waals surface area contributed by atoms with E-state index in [4.69, 9.17) is 11.6 Å². The third-order valence-electron chi connectivity index (χ3n) is 8.10. The van der Waals surface area contributed by atoms with Gasteiger partial charge in [0.05, 0.1) is 39.2 Å². The van der Waals surface area contributed by atoms with Crippen molar-refractivity contribution in [3.8, 4) is 5.82 Å². The Morgan fingerprint density at radius 1 is 1.02 bits per heavy atom. The van der Waals surface area contributed by atoms with Crippen LogP contribution < -0.4 is 15.9 Å². The normalized spacial score (nSPS) is 19.4. The van der Waals surface area contributed by atoms with Crippen molar-refractivity contribution in [2.24, 2.45) is 5.92 Å². The van der Waals surface area contributed by atoms with Gasteiger partial charge in [0, 0.05) is 31.7 Å². The summed E-state index contributed by atoms with van der Waals surface area (Å²) in [5, 5.41) is 3.58. The number of benzene rings is 1. The molecule has 0 radical (unpaired) electrons. The zero-order chi connectivity index (χ0) is 27.8. The van der Waals surface area contributed by atoms with Crippen LogP contribution in [0.1, 0.15) is 54.6 Å². The quantitative estimate of drug-likeness (QED) is 0.371. The number of aromatic nitrogens is 4. The molecule has 1 aliphatic heterocycles.